The fraction of sp³-hybridized carbons (Fsp3) is 0.556. The lowest BCUT2D eigenvalue weighted by atomic mass is 9.84. The Kier molecular flexibility index (Phi) is 31.4. The zero-order chi connectivity index (χ0) is 52.6. The van der Waals surface area contributed by atoms with E-state index in [1.807, 2.05) is 136 Å². The first-order valence-corrected chi connectivity index (χ1v) is 26.1. The van der Waals surface area contributed by atoms with Gasteiger partial charge in [-0.25, -0.2) is 0 Å². The molecule has 0 amide bonds. The van der Waals surface area contributed by atoms with E-state index in [4.69, 9.17) is 33.2 Å². The molecule has 4 heterocycles. The Hall–Kier alpha value is -5.08. The van der Waals surface area contributed by atoms with Gasteiger partial charge in [0.05, 0.1) is 0 Å². The van der Waals surface area contributed by atoms with Crippen LogP contribution in [-0.4, -0.2) is 43.3 Å². The van der Waals surface area contributed by atoms with Crippen molar-refractivity contribution in [1.29, 1.82) is 0 Å². The van der Waals surface area contributed by atoms with Crippen LogP contribution in [0.5, 0.6) is 40.2 Å². The first-order chi connectivity index (χ1) is 32.8. The zero-order valence-electron chi connectivity index (χ0n) is 47.9. The largest absolute Gasteiger partial charge is 0.490 e. The van der Waals surface area contributed by atoms with Crippen LogP contribution in [0.2, 0.25) is 0 Å². The van der Waals surface area contributed by atoms with E-state index in [1.54, 1.807) is 0 Å². The molecular weight excluding hydrogens is 885 g/mol. The molecule has 0 spiro atoms. The van der Waals surface area contributed by atoms with Gasteiger partial charge in [-0.2, -0.15) is 0 Å². The minimum Gasteiger partial charge on any atom is -0.490 e. The summed E-state index contributed by atoms with van der Waals surface area (Å²) in [4.78, 5) is 0. The Bertz CT molecular complexity index is 2060. The molecule has 0 saturated carbocycles. The van der Waals surface area contributed by atoms with Crippen molar-refractivity contribution in [3.8, 4) is 40.2 Å². The quantitative estimate of drug-likeness (QED) is 0.152. The number of hydrogen-bond donors (Lipinski definition) is 0. The van der Waals surface area contributed by atoms with E-state index in [0.29, 0.717) is 19.3 Å². The average molecular weight is 988 g/mol. The number of aryl methyl sites for hydroxylation is 1. The summed E-state index contributed by atoms with van der Waals surface area (Å²) in [7, 11) is 0. The third-order valence-corrected chi connectivity index (χ3v) is 10.8. The van der Waals surface area contributed by atoms with E-state index < -0.39 is 0 Å². The van der Waals surface area contributed by atoms with E-state index in [2.05, 4.69) is 126 Å². The van der Waals surface area contributed by atoms with E-state index in [-0.39, 0.29) is 53.1 Å². The van der Waals surface area contributed by atoms with E-state index in [0.717, 1.165) is 53.1 Å². The molecule has 402 valence electrons. The SMILES string of the molecule is C.CC.CC.CC.CC.CC.CC(C)(C)C1CCc2ccccc2O1.CC(C)(C)C1COc2cc3ccccc3cc2O1.CC(C)(C)C1COc2ccccc2O1.CC(C)(C)C1Oc2ccccc2O1.O. The van der Waals surface area contributed by atoms with E-state index in [9.17, 15) is 0 Å². The lowest BCUT2D eigenvalue weighted by Gasteiger charge is -2.35. The van der Waals surface area contributed by atoms with Crippen molar-refractivity contribution in [3.05, 3.63) is 115 Å². The molecule has 4 aliphatic heterocycles. The maximum absolute atomic E-state index is 6.08. The molecule has 8 heteroatoms. The van der Waals surface area contributed by atoms with Crippen molar-refractivity contribution < 1.29 is 38.6 Å². The Morgan fingerprint density at radius 2 is 0.676 bits per heavy atom. The normalized spacial score (nSPS) is 16.5. The molecule has 0 saturated heterocycles. The molecule has 0 aromatic heterocycles. The predicted molar refractivity (Wildman–Crippen MR) is 306 cm³/mol. The molecule has 9 rings (SSSR count). The fourth-order valence-corrected chi connectivity index (χ4v) is 6.82. The number of fused-ring (bicyclic) bond motifs is 5. The third-order valence-electron chi connectivity index (χ3n) is 10.8. The first-order valence-electron chi connectivity index (χ1n) is 26.1. The molecule has 0 radical (unpaired) electrons. The van der Waals surface area contributed by atoms with Crippen molar-refractivity contribution in [3.63, 3.8) is 0 Å². The fourth-order valence-electron chi connectivity index (χ4n) is 6.82. The molecular formula is C63H102O8. The van der Waals surface area contributed by atoms with Crippen molar-refractivity contribution in [1.82, 2.24) is 0 Å². The standard InChI is InChI=1S/C16H18O2.C13H18O.C12H16O2.C11H14O2.5C2H6.CH4.H2O/c1-16(2,3)15-10-17-13-8-11-6-4-5-7-12(11)9-14(13)18-15;1-13(2,3)12-9-8-10-6-4-5-7-11(10)14-12;1-12(2,3)11-8-13-9-6-4-5-7-10(9)14-11;1-11(2,3)10-12-8-6-4-5-7-9(8)13-10;5*1-2;;/h4-9,15H,10H2,1-3H3;4-7,12H,8-9H2,1-3H3;4-7,11H,8H2,1-3H3;4-7,10H,1-3H3;5*1-2H3;1H4;1H2. The summed E-state index contributed by atoms with van der Waals surface area (Å²) in [5, 5.41) is 2.38. The lowest BCUT2D eigenvalue weighted by molar-refractivity contribution is -0.0396. The topological polar surface area (TPSA) is 96.1 Å². The zero-order valence-corrected chi connectivity index (χ0v) is 47.9. The summed E-state index contributed by atoms with van der Waals surface area (Å²) in [5.74, 6) is 6.21. The number of para-hydroxylation sites is 5. The average Bonchev–Trinajstić information content (AvgIpc) is 3.82. The third kappa shape index (κ3) is 21.3. The second-order valence-corrected chi connectivity index (χ2v) is 20.2. The molecule has 3 unspecified atom stereocenters. The molecule has 0 fully saturated rings. The highest BCUT2D eigenvalue weighted by Crippen LogP contribution is 2.41. The van der Waals surface area contributed by atoms with Gasteiger partial charge in [0.2, 0.25) is 6.29 Å². The van der Waals surface area contributed by atoms with Crippen LogP contribution in [0.15, 0.2) is 109 Å². The summed E-state index contributed by atoms with van der Waals surface area (Å²) >= 11 is 0. The molecule has 3 atom stereocenters. The van der Waals surface area contributed by atoms with Crippen molar-refractivity contribution in [2.75, 3.05) is 13.2 Å². The summed E-state index contributed by atoms with van der Waals surface area (Å²) in [6.07, 6.45) is 2.73. The van der Waals surface area contributed by atoms with Crippen LogP contribution in [0.3, 0.4) is 0 Å². The number of benzene rings is 5. The highest BCUT2D eigenvalue weighted by atomic mass is 16.7. The Morgan fingerprint density at radius 1 is 0.352 bits per heavy atom. The molecule has 5 aromatic rings. The monoisotopic (exact) mass is 987 g/mol. The molecule has 71 heavy (non-hydrogen) atoms. The lowest BCUT2D eigenvalue weighted by Crippen LogP contribution is -2.39. The van der Waals surface area contributed by atoms with E-state index in [1.165, 1.54) is 16.3 Å². The molecule has 5 aromatic carbocycles. The van der Waals surface area contributed by atoms with Crippen LogP contribution >= 0.6 is 0 Å². The highest BCUT2D eigenvalue weighted by molar-refractivity contribution is 5.86. The van der Waals surface area contributed by atoms with Crippen molar-refractivity contribution in [2.24, 2.45) is 21.7 Å². The Balaban J connectivity index is 0. The summed E-state index contributed by atoms with van der Waals surface area (Å²) in [6.45, 7) is 47.3. The predicted octanol–water partition coefficient (Wildman–Crippen LogP) is 18.1. The van der Waals surface area contributed by atoms with Crippen molar-refractivity contribution >= 4 is 10.8 Å². The van der Waals surface area contributed by atoms with Gasteiger partial charge in [-0.05, 0) is 77.1 Å². The molecule has 2 N–H and O–H groups in total. The second-order valence-electron chi connectivity index (χ2n) is 20.2. The van der Waals surface area contributed by atoms with Crippen LogP contribution in [0, 0.1) is 21.7 Å². The van der Waals surface area contributed by atoms with Gasteiger partial charge in [0.15, 0.2) is 34.5 Å². The maximum Gasteiger partial charge on any atom is 0.246 e. The first kappa shape index (κ1) is 68.0. The number of rotatable bonds is 0. The molecule has 8 nitrogen and oxygen atoms in total. The Labute approximate surface area is 434 Å². The molecule has 0 bridgehead atoms. The van der Waals surface area contributed by atoms with Crippen LogP contribution < -0.4 is 33.2 Å². The molecule has 0 aliphatic carbocycles. The second kappa shape index (κ2) is 32.8. The minimum absolute atomic E-state index is 0. The maximum atomic E-state index is 6.08. The van der Waals surface area contributed by atoms with Crippen LogP contribution in [0.4, 0.5) is 0 Å². The van der Waals surface area contributed by atoms with Gasteiger partial charge in [-0.15, -0.1) is 0 Å². The van der Waals surface area contributed by atoms with Gasteiger partial charge in [-0.3, -0.25) is 0 Å². The van der Waals surface area contributed by atoms with Gasteiger partial charge in [0, 0.05) is 16.2 Å². The van der Waals surface area contributed by atoms with Gasteiger partial charge >= 0.3 is 0 Å². The van der Waals surface area contributed by atoms with Crippen LogP contribution in [0.25, 0.3) is 10.8 Å². The summed E-state index contributed by atoms with van der Waals surface area (Å²) in [5.41, 5.74) is 1.82. The highest BCUT2D eigenvalue weighted by Gasteiger charge is 2.35. The summed E-state index contributed by atoms with van der Waals surface area (Å²) < 4.78 is 40.7. The molecule has 4 aliphatic rings. The Morgan fingerprint density at radius 3 is 1.10 bits per heavy atom. The minimum atomic E-state index is -0.162. The van der Waals surface area contributed by atoms with Gasteiger partial charge in [0.1, 0.15) is 37.3 Å². The van der Waals surface area contributed by atoms with Crippen LogP contribution in [-0.2, 0) is 6.42 Å². The van der Waals surface area contributed by atoms with Crippen molar-refractivity contribution in [2.45, 2.75) is 197 Å². The van der Waals surface area contributed by atoms with Crippen LogP contribution in [0.1, 0.15) is 172 Å². The van der Waals surface area contributed by atoms with Gasteiger partial charge in [-0.1, -0.05) is 226 Å². The number of hydrogen-bond acceptors (Lipinski definition) is 7. The summed E-state index contributed by atoms with van der Waals surface area (Å²) in [6, 6.07) is 36.3. The van der Waals surface area contributed by atoms with Gasteiger partial charge < -0.3 is 38.6 Å². The smallest absolute Gasteiger partial charge is 0.246 e. The van der Waals surface area contributed by atoms with E-state index >= 15 is 0 Å². The van der Waals surface area contributed by atoms with Gasteiger partial charge in [0.25, 0.3) is 0 Å². The number of ether oxygens (including phenoxy) is 7.